The number of hydrogen-bond acceptors (Lipinski definition) is 3. The highest BCUT2D eigenvalue weighted by atomic mass is 32.2. The van der Waals surface area contributed by atoms with Crippen LogP contribution in [0.2, 0.25) is 0 Å². The van der Waals surface area contributed by atoms with Crippen LogP contribution in [0.5, 0.6) is 0 Å². The maximum atomic E-state index is 12.3. The van der Waals surface area contributed by atoms with Crippen molar-refractivity contribution in [3.63, 3.8) is 0 Å². The molecule has 21 heavy (non-hydrogen) atoms. The third-order valence-corrected chi connectivity index (χ3v) is 6.24. The molecule has 0 aromatic carbocycles. The summed E-state index contributed by atoms with van der Waals surface area (Å²) in [5.74, 6) is -1.20. The molecule has 0 bridgehead atoms. The summed E-state index contributed by atoms with van der Waals surface area (Å²) < 4.78 is 0.176. The van der Waals surface area contributed by atoms with Crippen LogP contribution in [-0.4, -0.2) is 52.6 Å². The number of urea groups is 1. The first kappa shape index (κ1) is 16.5. The Hall–Kier alpha value is -0.910. The Morgan fingerprint density at radius 1 is 1.29 bits per heavy atom. The van der Waals surface area contributed by atoms with Crippen molar-refractivity contribution in [2.45, 2.75) is 49.7 Å². The fraction of sp³-hybridized carbons (Fsp3) is 0.867. The van der Waals surface area contributed by atoms with Crippen molar-refractivity contribution in [1.29, 1.82) is 0 Å². The summed E-state index contributed by atoms with van der Waals surface area (Å²) in [6, 6.07) is -0.0973. The molecule has 2 N–H and O–H groups in total. The van der Waals surface area contributed by atoms with Gasteiger partial charge in [-0.15, -0.1) is 0 Å². The molecule has 1 saturated carbocycles. The molecule has 0 radical (unpaired) electrons. The van der Waals surface area contributed by atoms with E-state index in [0.717, 1.165) is 19.3 Å². The molecule has 6 heteroatoms. The van der Waals surface area contributed by atoms with E-state index in [0.29, 0.717) is 26.1 Å². The number of carboxylic acids is 1. The molecule has 1 heterocycles. The van der Waals surface area contributed by atoms with Crippen LogP contribution in [-0.2, 0) is 4.79 Å². The minimum atomic E-state index is -0.791. The summed E-state index contributed by atoms with van der Waals surface area (Å²) in [4.78, 5) is 25.0. The van der Waals surface area contributed by atoms with Gasteiger partial charge in [0.05, 0.1) is 5.92 Å². The molecular weight excluding hydrogens is 288 g/mol. The molecule has 1 atom stereocenters. The molecule has 2 aliphatic rings. The van der Waals surface area contributed by atoms with Gasteiger partial charge in [-0.2, -0.15) is 11.8 Å². The molecule has 2 amide bonds. The van der Waals surface area contributed by atoms with E-state index in [9.17, 15) is 9.59 Å². The van der Waals surface area contributed by atoms with E-state index in [-0.39, 0.29) is 10.8 Å². The van der Waals surface area contributed by atoms with Crippen molar-refractivity contribution in [3.8, 4) is 0 Å². The zero-order valence-electron chi connectivity index (χ0n) is 12.8. The van der Waals surface area contributed by atoms with Crippen LogP contribution in [0.15, 0.2) is 0 Å². The van der Waals surface area contributed by atoms with Crippen LogP contribution >= 0.6 is 11.8 Å². The van der Waals surface area contributed by atoms with E-state index in [2.05, 4.69) is 11.6 Å². The Balaban J connectivity index is 1.84. The van der Waals surface area contributed by atoms with Crippen LogP contribution in [0.3, 0.4) is 0 Å². The summed E-state index contributed by atoms with van der Waals surface area (Å²) in [5, 5.41) is 12.1. The van der Waals surface area contributed by atoms with Gasteiger partial charge in [-0.05, 0) is 31.9 Å². The highest BCUT2D eigenvalue weighted by Gasteiger charge is 2.33. The SMILES string of the molecule is CSC1(CNC(=O)N2CCCC(C(=O)O)C2)CCCCC1. The van der Waals surface area contributed by atoms with E-state index in [1.54, 1.807) is 4.90 Å². The van der Waals surface area contributed by atoms with Gasteiger partial charge in [-0.25, -0.2) is 4.79 Å². The Morgan fingerprint density at radius 3 is 2.62 bits per heavy atom. The Labute approximate surface area is 130 Å². The molecule has 5 nitrogen and oxygen atoms in total. The first-order valence-electron chi connectivity index (χ1n) is 7.87. The lowest BCUT2D eigenvalue weighted by molar-refractivity contribution is -0.143. The lowest BCUT2D eigenvalue weighted by atomic mass is 9.88. The third-order valence-electron chi connectivity index (χ3n) is 4.82. The van der Waals surface area contributed by atoms with Gasteiger partial charge in [0.2, 0.25) is 0 Å². The van der Waals surface area contributed by atoms with Gasteiger partial charge in [0, 0.05) is 24.4 Å². The lowest BCUT2D eigenvalue weighted by Crippen LogP contribution is -2.50. The van der Waals surface area contributed by atoms with E-state index in [1.807, 2.05) is 11.8 Å². The first-order chi connectivity index (χ1) is 10.1. The number of carboxylic acid groups (broad SMARTS) is 1. The van der Waals surface area contributed by atoms with Crippen molar-refractivity contribution in [2.75, 3.05) is 25.9 Å². The Morgan fingerprint density at radius 2 is 2.00 bits per heavy atom. The van der Waals surface area contributed by atoms with Gasteiger partial charge >= 0.3 is 12.0 Å². The zero-order valence-corrected chi connectivity index (χ0v) is 13.6. The van der Waals surface area contributed by atoms with Gasteiger partial charge in [0.15, 0.2) is 0 Å². The summed E-state index contributed by atoms with van der Waals surface area (Å²) in [6.07, 6.45) is 9.66. The molecule has 2 fully saturated rings. The van der Waals surface area contributed by atoms with E-state index in [4.69, 9.17) is 5.11 Å². The van der Waals surface area contributed by atoms with Crippen LogP contribution in [0, 0.1) is 5.92 Å². The average molecular weight is 314 g/mol. The summed E-state index contributed by atoms with van der Waals surface area (Å²) in [5.41, 5.74) is 0. The number of nitrogens with zero attached hydrogens (tertiary/aromatic N) is 1. The fourth-order valence-electron chi connectivity index (χ4n) is 3.36. The quantitative estimate of drug-likeness (QED) is 0.837. The topological polar surface area (TPSA) is 69.6 Å². The average Bonchev–Trinajstić information content (AvgIpc) is 2.53. The van der Waals surface area contributed by atoms with Gasteiger partial charge in [-0.3, -0.25) is 4.79 Å². The summed E-state index contributed by atoms with van der Waals surface area (Å²) in [6.45, 7) is 1.70. The smallest absolute Gasteiger partial charge is 0.317 e. The standard InChI is InChI=1S/C15H26N2O3S/c1-21-15(7-3-2-4-8-15)11-16-14(20)17-9-5-6-12(10-17)13(18)19/h12H,2-11H2,1H3,(H,16,20)(H,18,19). The van der Waals surface area contributed by atoms with Crippen LogP contribution < -0.4 is 5.32 Å². The molecule has 120 valence electrons. The van der Waals surface area contributed by atoms with Crippen molar-refractivity contribution in [1.82, 2.24) is 10.2 Å². The molecule has 0 aromatic rings. The zero-order chi connectivity index (χ0) is 15.3. The molecule has 0 aromatic heterocycles. The normalized spacial score (nSPS) is 25.4. The second-order valence-electron chi connectivity index (χ2n) is 6.23. The molecule has 0 spiro atoms. The second-order valence-corrected chi connectivity index (χ2v) is 7.50. The minimum Gasteiger partial charge on any atom is -0.481 e. The van der Waals surface area contributed by atoms with E-state index < -0.39 is 11.9 Å². The molecule has 1 saturated heterocycles. The predicted molar refractivity (Wildman–Crippen MR) is 84.7 cm³/mol. The van der Waals surface area contributed by atoms with Crippen LogP contribution in [0.4, 0.5) is 4.79 Å². The van der Waals surface area contributed by atoms with Crippen molar-refractivity contribution >= 4 is 23.8 Å². The number of piperidine rings is 1. The number of thioether (sulfide) groups is 1. The maximum absolute atomic E-state index is 12.3. The highest BCUT2D eigenvalue weighted by Crippen LogP contribution is 2.38. The number of carbonyl (C=O) groups excluding carboxylic acids is 1. The van der Waals surface area contributed by atoms with Crippen LogP contribution in [0.25, 0.3) is 0 Å². The van der Waals surface area contributed by atoms with Gasteiger partial charge in [-0.1, -0.05) is 19.3 Å². The second kappa shape index (κ2) is 7.38. The van der Waals surface area contributed by atoms with E-state index >= 15 is 0 Å². The molecular formula is C15H26N2O3S. The monoisotopic (exact) mass is 314 g/mol. The fourth-order valence-corrected chi connectivity index (χ4v) is 4.27. The Bertz CT molecular complexity index is 383. The Kier molecular flexibility index (Phi) is 5.79. The number of carbonyl (C=O) groups is 2. The van der Waals surface area contributed by atoms with Crippen molar-refractivity contribution in [3.05, 3.63) is 0 Å². The van der Waals surface area contributed by atoms with E-state index in [1.165, 1.54) is 19.3 Å². The van der Waals surface area contributed by atoms with Crippen molar-refractivity contribution < 1.29 is 14.7 Å². The van der Waals surface area contributed by atoms with Gasteiger partial charge < -0.3 is 15.3 Å². The number of rotatable bonds is 4. The minimum absolute atomic E-state index is 0.0973. The summed E-state index contributed by atoms with van der Waals surface area (Å²) >= 11 is 1.86. The van der Waals surface area contributed by atoms with Crippen molar-refractivity contribution in [2.24, 2.45) is 5.92 Å². The van der Waals surface area contributed by atoms with Gasteiger partial charge in [0.1, 0.15) is 0 Å². The number of amides is 2. The predicted octanol–water partition coefficient (Wildman–Crippen LogP) is 2.56. The first-order valence-corrected chi connectivity index (χ1v) is 9.09. The number of likely N-dealkylation sites (tertiary alicyclic amines) is 1. The molecule has 1 unspecified atom stereocenters. The number of nitrogens with one attached hydrogen (secondary N) is 1. The highest BCUT2D eigenvalue weighted by molar-refractivity contribution is 8.00. The number of aliphatic carboxylic acids is 1. The lowest BCUT2D eigenvalue weighted by Gasteiger charge is -2.37. The maximum Gasteiger partial charge on any atom is 0.317 e. The molecule has 1 aliphatic heterocycles. The summed E-state index contributed by atoms with van der Waals surface area (Å²) in [7, 11) is 0. The third kappa shape index (κ3) is 4.28. The largest absolute Gasteiger partial charge is 0.481 e. The van der Waals surface area contributed by atoms with Crippen LogP contribution in [0.1, 0.15) is 44.9 Å². The number of hydrogen-bond donors (Lipinski definition) is 2. The molecule has 1 aliphatic carbocycles. The van der Waals surface area contributed by atoms with Gasteiger partial charge in [0.25, 0.3) is 0 Å². The molecule has 2 rings (SSSR count).